The lowest BCUT2D eigenvalue weighted by molar-refractivity contribution is -0.163. The monoisotopic (exact) mass is 1300 g/mol. The quantitative estimate of drug-likeness (QED) is 0.0728. The summed E-state index contributed by atoms with van der Waals surface area (Å²) >= 11 is 0. The van der Waals surface area contributed by atoms with Crippen LogP contribution in [0.4, 0.5) is 5.69 Å². The SMILES string of the molecule is Cc1c2oc3c(C)ccc(C(=O)N[C@H]4C(=O)N[C@H](C(C)C)C(=O)N5[C@H](C(=O)N(C)CC(=O)N(C)[C@@H](C(C)C)C(=O)O[C@@H]4C)[C@@H](O)C[C@@H]5C)c3nc-2c(C(=O)N[C@@H]2C(=O)N[C@H](C(C)C)C(=O)N3[C@@H](C)C(=O)C[C@H]3C(=O)N(C)CC(=O)N(C)[C@@H](C)C(=O)O[C@H]2CO)c(N)c1=O. The summed E-state index contributed by atoms with van der Waals surface area (Å²) in [5, 5.41) is 32.4. The van der Waals surface area contributed by atoms with E-state index in [1.807, 2.05) is 0 Å². The molecule has 506 valence electrons. The Bertz CT molecular complexity index is 3590. The van der Waals surface area contributed by atoms with Crippen LogP contribution in [-0.4, -0.2) is 248 Å². The molecule has 6 aliphatic rings. The van der Waals surface area contributed by atoms with Gasteiger partial charge in [-0.05, 0) is 77.3 Å². The van der Waals surface area contributed by atoms with Gasteiger partial charge in [-0.25, -0.2) is 14.6 Å². The number of carbonyl (C=O) groups excluding carboxylic acids is 13. The number of aromatic nitrogens is 1. The summed E-state index contributed by atoms with van der Waals surface area (Å²) in [6.45, 7) is 15.5. The molecule has 1 aromatic carbocycles. The van der Waals surface area contributed by atoms with Crippen molar-refractivity contribution < 1.29 is 86.4 Å². The number of hydrogen-bond acceptors (Lipinski definition) is 21. The van der Waals surface area contributed by atoms with Crippen molar-refractivity contribution in [2.45, 2.75) is 175 Å². The highest BCUT2D eigenvalue weighted by molar-refractivity contribution is 6.11. The topological polar surface area (TPSA) is 418 Å². The fourth-order valence-electron chi connectivity index (χ4n) is 12.2. The Labute approximate surface area is 536 Å². The number of aliphatic hydroxyl groups excluding tert-OH is 2. The average Bonchev–Trinajstić information content (AvgIpc) is 1.48. The maximum Gasteiger partial charge on any atom is 0.329 e. The highest BCUT2D eigenvalue weighted by atomic mass is 16.6. The van der Waals surface area contributed by atoms with Crippen LogP contribution in [0.2, 0.25) is 0 Å². The normalized spacial score (nSPS) is 28.1. The molecule has 1 aromatic rings. The zero-order chi connectivity index (χ0) is 69.6. The number of ether oxygens (including phenoxy) is 2. The lowest BCUT2D eigenvalue weighted by Crippen LogP contribution is -2.62. The molecule has 93 heavy (non-hydrogen) atoms. The van der Waals surface area contributed by atoms with Crippen LogP contribution in [0, 0.1) is 31.6 Å². The molecular weight excluding hydrogens is 1220 g/mol. The molecule has 5 aliphatic heterocycles. The second kappa shape index (κ2) is 28.0. The first-order valence-electron chi connectivity index (χ1n) is 30.6. The molecule has 13 atom stereocenters. The summed E-state index contributed by atoms with van der Waals surface area (Å²) in [5.41, 5.74) is 2.69. The van der Waals surface area contributed by atoms with E-state index in [-0.39, 0.29) is 34.4 Å². The maximum atomic E-state index is 15.2. The number of hydrogen-bond donors (Lipinski definition) is 7. The highest BCUT2D eigenvalue weighted by Gasteiger charge is 2.52. The molecule has 7 rings (SSSR count). The number of cyclic esters (lactones) is 2. The fourth-order valence-corrected chi connectivity index (χ4v) is 12.2. The van der Waals surface area contributed by atoms with Gasteiger partial charge < -0.3 is 80.5 Å². The fraction of sp³-hybridized carbons (Fsp3) is 0.597. The first-order valence-corrected chi connectivity index (χ1v) is 30.6. The molecule has 0 spiro atoms. The molecule has 10 amide bonds. The number of ketones is 1. The van der Waals surface area contributed by atoms with Crippen LogP contribution in [0.1, 0.15) is 114 Å². The van der Waals surface area contributed by atoms with Crippen molar-refractivity contribution in [1.82, 2.24) is 55.7 Å². The van der Waals surface area contributed by atoms with E-state index in [1.54, 1.807) is 41.5 Å². The van der Waals surface area contributed by atoms with Crippen LogP contribution in [-0.2, 0) is 62.2 Å². The van der Waals surface area contributed by atoms with Gasteiger partial charge in [0.1, 0.15) is 65.6 Å². The number of amides is 10. The minimum atomic E-state index is -2.20. The Hall–Kier alpha value is -9.13. The number of Topliss-reactive ketones (excluding diaryl/α,β-unsaturated/α-hetero) is 1. The van der Waals surface area contributed by atoms with E-state index < -0.39 is 222 Å². The predicted octanol–water partition coefficient (Wildman–Crippen LogP) is -2.01. The van der Waals surface area contributed by atoms with Crippen molar-refractivity contribution in [2.24, 2.45) is 17.8 Å². The highest BCUT2D eigenvalue weighted by Crippen LogP contribution is 2.36. The number of nitrogens with two attached hydrogens (primary N) is 1. The molecule has 0 bridgehead atoms. The Morgan fingerprint density at radius 1 is 0.699 bits per heavy atom. The van der Waals surface area contributed by atoms with E-state index in [0.717, 1.165) is 29.4 Å². The summed E-state index contributed by atoms with van der Waals surface area (Å²) in [4.78, 5) is 212. The molecule has 31 nitrogen and oxygen atoms in total. The van der Waals surface area contributed by atoms with Gasteiger partial charge in [0, 0.05) is 46.2 Å². The van der Waals surface area contributed by atoms with Crippen LogP contribution >= 0.6 is 0 Å². The molecule has 1 aliphatic carbocycles. The van der Waals surface area contributed by atoms with E-state index in [4.69, 9.17) is 24.6 Å². The van der Waals surface area contributed by atoms with E-state index in [1.165, 1.54) is 81.9 Å². The van der Waals surface area contributed by atoms with Crippen molar-refractivity contribution in [3.8, 4) is 11.5 Å². The largest absolute Gasteiger partial charge is 0.458 e. The number of benzene rings is 2. The zero-order valence-electron chi connectivity index (χ0n) is 55.0. The summed E-state index contributed by atoms with van der Waals surface area (Å²) in [6.07, 6.45) is -5.48. The third-order valence-electron chi connectivity index (χ3n) is 17.9. The van der Waals surface area contributed by atoms with Gasteiger partial charge in [0.2, 0.25) is 52.7 Å². The first-order chi connectivity index (χ1) is 43.4. The summed E-state index contributed by atoms with van der Waals surface area (Å²) in [7, 11) is 5.11. The summed E-state index contributed by atoms with van der Waals surface area (Å²) < 4.78 is 17.9. The lowest BCUT2D eigenvalue weighted by atomic mass is 9.98. The van der Waals surface area contributed by atoms with E-state index in [9.17, 15) is 67.7 Å². The number of likely N-dealkylation sites (N-methyl/N-ethyl adjacent to an activating group) is 4. The summed E-state index contributed by atoms with van der Waals surface area (Å²) in [6, 6.07) is -12.0. The minimum Gasteiger partial charge on any atom is -0.458 e. The number of nitrogens with one attached hydrogen (secondary N) is 4. The first kappa shape index (κ1) is 71.3. The zero-order valence-corrected chi connectivity index (χ0v) is 55.0. The number of nitrogen functional groups attached to an aromatic ring is 1. The summed E-state index contributed by atoms with van der Waals surface area (Å²) in [5.74, 6) is -14.9. The number of fused-ring (bicyclic) bond motifs is 4. The van der Waals surface area contributed by atoms with Crippen molar-refractivity contribution in [1.29, 1.82) is 0 Å². The standard InChI is InChI=1S/C62H84N12O19/c1-24(2)42-58(86)73-28(8)19-36(77)49(73)60(88)70(14)22-39(79)72(16)48(26(5)6)62(90)91-32(12)44(55(83)65-42)67-53(81)33-18-17-27(7)51-45(33)64-47-40(41(63)50(80)29(9)52(47)93-51)54(82)68-46-37(23-75)92-61(89)31(11)71(15)38(78)21-69(13)57(85)34-20-35(76)30(10)74(34)59(87)43(25(3)4)66-56(46)84/h17-18,24-26,28,30-32,34,36-37,42-44,46,48-49,75,77H,19-23,63H2,1-16H3,(H,65,83)(H,66,84)(H,67,81)(H,68,82)/t28-,30-,31-,32+,34-,36-,37-,42+,43+,44+,46-,48-,49-/m0/s1. The second-order valence-electron chi connectivity index (χ2n) is 25.6. The van der Waals surface area contributed by atoms with Crippen LogP contribution in [0.25, 0.3) is 22.6 Å². The number of nitrogens with zero attached hydrogens (tertiary/aromatic N) is 7. The van der Waals surface area contributed by atoms with Crippen molar-refractivity contribution >= 4 is 93.6 Å². The Morgan fingerprint density at radius 2 is 1.25 bits per heavy atom. The van der Waals surface area contributed by atoms with Crippen LogP contribution in [0.15, 0.2) is 21.3 Å². The van der Waals surface area contributed by atoms with Gasteiger partial charge in [-0.2, -0.15) is 0 Å². The number of carbonyl (C=O) groups is 13. The number of aliphatic hydroxyl groups is 2. The third kappa shape index (κ3) is 13.8. The maximum absolute atomic E-state index is 15.2. The van der Waals surface area contributed by atoms with E-state index in [2.05, 4.69) is 21.3 Å². The molecule has 0 aromatic heterocycles. The Balaban J connectivity index is 1.34. The lowest BCUT2D eigenvalue weighted by Gasteiger charge is -2.37. The van der Waals surface area contributed by atoms with Gasteiger partial charge in [-0.1, -0.05) is 47.6 Å². The molecule has 0 unspecified atom stereocenters. The minimum absolute atomic E-state index is 0.0373. The van der Waals surface area contributed by atoms with Gasteiger partial charge in [0.15, 0.2) is 23.2 Å². The smallest absolute Gasteiger partial charge is 0.329 e. The van der Waals surface area contributed by atoms with Gasteiger partial charge >= 0.3 is 11.9 Å². The van der Waals surface area contributed by atoms with Gasteiger partial charge in [0.25, 0.3) is 11.8 Å². The molecule has 8 N–H and O–H groups in total. The number of esters is 2. The Morgan fingerprint density at radius 3 is 1.82 bits per heavy atom. The van der Waals surface area contributed by atoms with Crippen molar-refractivity contribution in [3.05, 3.63) is 44.6 Å². The van der Waals surface area contributed by atoms with Crippen molar-refractivity contribution in [2.75, 3.05) is 53.6 Å². The van der Waals surface area contributed by atoms with Crippen LogP contribution in [0.5, 0.6) is 0 Å². The van der Waals surface area contributed by atoms with E-state index in [0.29, 0.717) is 5.56 Å². The molecular formula is C62H84N12O19. The van der Waals surface area contributed by atoms with Gasteiger partial charge in [0.05, 0.1) is 48.7 Å². The van der Waals surface area contributed by atoms with Crippen LogP contribution < -0.4 is 32.4 Å². The van der Waals surface area contributed by atoms with Crippen LogP contribution in [0.3, 0.4) is 0 Å². The second-order valence-corrected chi connectivity index (χ2v) is 25.6. The van der Waals surface area contributed by atoms with E-state index >= 15 is 9.59 Å². The number of rotatable bonds is 8. The van der Waals surface area contributed by atoms with Crippen molar-refractivity contribution in [3.63, 3.8) is 0 Å². The Kier molecular flexibility index (Phi) is 21.5. The molecule has 0 saturated carbocycles. The number of anilines is 1. The predicted molar refractivity (Wildman–Crippen MR) is 329 cm³/mol. The molecule has 5 heterocycles. The molecule has 4 saturated heterocycles. The van der Waals surface area contributed by atoms with Gasteiger partial charge in [-0.15, -0.1) is 0 Å². The average molecular weight is 1300 g/mol. The molecule has 0 radical (unpaired) electrons. The molecule has 31 heteroatoms. The molecule has 4 fully saturated rings. The van der Waals surface area contributed by atoms with Gasteiger partial charge in [-0.3, -0.25) is 57.5 Å². The number of aryl methyl sites for hydroxylation is 1. The third-order valence-corrected chi connectivity index (χ3v) is 17.9.